The van der Waals surface area contributed by atoms with E-state index in [0.29, 0.717) is 16.7 Å². The molecular weight excluding hydrogens is 419 g/mol. The first-order valence-corrected chi connectivity index (χ1v) is 10.6. The van der Waals surface area contributed by atoms with Crippen LogP contribution in [-0.2, 0) is 4.79 Å². The number of hydrogen-bond acceptors (Lipinski definition) is 6. The summed E-state index contributed by atoms with van der Waals surface area (Å²) < 4.78 is 18.6. The van der Waals surface area contributed by atoms with Crippen molar-refractivity contribution in [1.82, 2.24) is 15.1 Å². The number of amides is 2. The highest BCUT2D eigenvalue weighted by Gasteiger charge is 2.17. The molecule has 3 aromatic rings. The third kappa shape index (κ3) is 6.08. The third-order valence-corrected chi connectivity index (χ3v) is 5.36. The highest BCUT2D eigenvalue weighted by Crippen LogP contribution is 2.27. The molecule has 0 radical (unpaired) electrons. The Morgan fingerprint density at radius 1 is 1.13 bits per heavy atom. The van der Waals surface area contributed by atoms with Gasteiger partial charge in [0.05, 0.1) is 7.11 Å². The molecule has 1 N–H and O–H groups in total. The minimum absolute atomic E-state index is 0.0957. The van der Waals surface area contributed by atoms with Gasteiger partial charge in [-0.3, -0.25) is 9.59 Å². The monoisotopic (exact) mass is 442 g/mol. The Balaban J connectivity index is 1.58. The lowest BCUT2D eigenvalue weighted by molar-refractivity contribution is -0.116. The summed E-state index contributed by atoms with van der Waals surface area (Å²) in [7, 11) is 1.60. The maximum atomic E-state index is 13.4. The van der Waals surface area contributed by atoms with Crippen LogP contribution < -0.4 is 10.1 Å². The van der Waals surface area contributed by atoms with Crippen LogP contribution in [0.2, 0.25) is 0 Å². The fraction of sp³-hybridized carbons (Fsp3) is 0.273. The first kappa shape index (κ1) is 22.4. The zero-order chi connectivity index (χ0) is 22.2. The molecule has 0 aliphatic rings. The van der Waals surface area contributed by atoms with Gasteiger partial charge in [0.25, 0.3) is 5.91 Å². The quantitative estimate of drug-likeness (QED) is 0.536. The number of nitrogens with zero attached hydrogens (tertiary/aromatic N) is 3. The largest absolute Gasteiger partial charge is 0.497 e. The molecule has 0 atom stereocenters. The summed E-state index contributed by atoms with van der Waals surface area (Å²) in [5.41, 5.74) is 1.13. The Hall–Kier alpha value is -3.33. The van der Waals surface area contributed by atoms with Crippen molar-refractivity contribution in [2.45, 2.75) is 19.8 Å². The van der Waals surface area contributed by atoms with Crippen LogP contribution in [0.4, 0.5) is 9.52 Å². The average molecular weight is 443 g/mol. The van der Waals surface area contributed by atoms with E-state index in [1.165, 1.54) is 29.5 Å². The first-order valence-electron chi connectivity index (χ1n) is 9.82. The summed E-state index contributed by atoms with van der Waals surface area (Å²) in [6.07, 6.45) is 0.822. The second kappa shape index (κ2) is 10.6. The molecule has 0 aliphatic carbocycles. The van der Waals surface area contributed by atoms with E-state index >= 15 is 0 Å². The van der Waals surface area contributed by atoms with Crippen molar-refractivity contribution < 1.29 is 18.7 Å². The molecule has 0 saturated heterocycles. The lowest BCUT2D eigenvalue weighted by Gasteiger charge is -2.22. The Bertz CT molecular complexity index is 1040. The van der Waals surface area contributed by atoms with Gasteiger partial charge in [0, 0.05) is 30.6 Å². The normalized spacial score (nSPS) is 10.5. The van der Waals surface area contributed by atoms with E-state index in [9.17, 15) is 14.0 Å². The van der Waals surface area contributed by atoms with Crippen molar-refractivity contribution in [2.24, 2.45) is 0 Å². The molecule has 0 unspecified atom stereocenters. The third-order valence-electron chi connectivity index (χ3n) is 4.47. The predicted octanol–water partition coefficient (Wildman–Crippen LogP) is 4.23. The number of carbonyl (C=O) groups excluding carboxylic acids is 2. The van der Waals surface area contributed by atoms with Gasteiger partial charge in [0.15, 0.2) is 0 Å². The number of benzene rings is 2. The van der Waals surface area contributed by atoms with Crippen LogP contribution in [0, 0.1) is 5.82 Å². The van der Waals surface area contributed by atoms with E-state index in [4.69, 9.17) is 4.74 Å². The number of ether oxygens (including phenoxy) is 1. The summed E-state index contributed by atoms with van der Waals surface area (Å²) in [5, 5.41) is 11.9. The number of halogens is 1. The highest BCUT2D eigenvalue weighted by molar-refractivity contribution is 7.18. The molecule has 1 aromatic heterocycles. The molecule has 1 heterocycles. The van der Waals surface area contributed by atoms with E-state index < -0.39 is 5.82 Å². The van der Waals surface area contributed by atoms with Crippen LogP contribution in [0.15, 0.2) is 48.5 Å². The standard InChI is InChI=1S/C22H23FN4O3S/c1-3-12-27(21(29)16-5-4-6-17(23)14-16)13-11-19(28)24-22-26-25-20(31-22)15-7-9-18(30-2)10-8-15/h4-10,14H,3,11-13H2,1-2H3,(H,24,26,28). The number of carbonyl (C=O) groups is 2. The van der Waals surface area contributed by atoms with Crippen molar-refractivity contribution in [1.29, 1.82) is 0 Å². The van der Waals surface area contributed by atoms with Gasteiger partial charge in [0.2, 0.25) is 11.0 Å². The predicted molar refractivity (Wildman–Crippen MR) is 118 cm³/mol. The van der Waals surface area contributed by atoms with Crippen LogP contribution in [0.25, 0.3) is 10.6 Å². The van der Waals surface area contributed by atoms with Crippen molar-refractivity contribution in [3.05, 3.63) is 59.9 Å². The highest BCUT2D eigenvalue weighted by atomic mass is 32.1. The van der Waals surface area contributed by atoms with Gasteiger partial charge in [-0.2, -0.15) is 0 Å². The van der Waals surface area contributed by atoms with Crippen molar-refractivity contribution in [2.75, 3.05) is 25.5 Å². The lowest BCUT2D eigenvalue weighted by atomic mass is 10.2. The molecule has 0 spiro atoms. The van der Waals surface area contributed by atoms with Gasteiger partial charge in [0.1, 0.15) is 16.6 Å². The molecule has 7 nitrogen and oxygen atoms in total. The fourth-order valence-electron chi connectivity index (χ4n) is 2.93. The van der Waals surface area contributed by atoms with Crippen LogP contribution >= 0.6 is 11.3 Å². The molecule has 0 aliphatic heterocycles. The smallest absolute Gasteiger partial charge is 0.253 e. The Labute approximate surface area is 183 Å². The second-order valence-electron chi connectivity index (χ2n) is 6.74. The Kier molecular flexibility index (Phi) is 7.66. The zero-order valence-corrected chi connectivity index (χ0v) is 18.1. The molecule has 9 heteroatoms. The zero-order valence-electron chi connectivity index (χ0n) is 17.3. The second-order valence-corrected chi connectivity index (χ2v) is 7.72. The van der Waals surface area contributed by atoms with Gasteiger partial charge in [-0.25, -0.2) is 4.39 Å². The van der Waals surface area contributed by atoms with Crippen molar-refractivity contribution >= 4 is 28.3 Å². The molecule has 3 rings (SSSR count). The van der Waals surface area contributed by atoms with E-state index in [-0.39, 0.29) is 30.3 Å². The van der Waals surface area contributed by atoms with Crippen LogP contribution in [0.1, 0.15) is 30.1 Å². The molecule has 2 aromatic carbocycles. The number of hydrogen-bond donors (Lipinski definition) is 1. The summed E-state index contributed by atoms with van der Waals surface area (Å²) >= 11 is 1.26. The van der Waals surface area contributed by atoms with Crippen molar-refractivity contribution in [3.63, 3.8) is 0 Å². The maximum Gasteiger partial charge on any atom is 0.253 e. The number of anilines is 1. The Morgan fingerprint density at radius 2 is 1.90 bits per heavy atom. The summed E-state index contributed by atoms with van der Waals surface area (Å²) in [6, 6.07) is 12.9. The van der Waals surface area contributed by atoms with Crippen LogP contribution in [0.3, 0.4) is 0 Å². The molecular formula is C22H23FN4O3S. The molecule has 0 fully saturated rings. The fourth-order valence-corrected chi connectivity index (χ4v) is 3.70. The molecule has 31 heavy (non-hydrogen) atoms. The lowest BCUT2D eigenvalue weighted by Crippen LogP contribution is -2.34. The number of aromatic nitrogens is 2. The summed E-state index contributed by atoms with van der Waals surface area (Å²) in [4.78, 5) is 26.6. The molecule has 0 bridgehead atoms. The van der Waals surface area contributed by atoms with Crippen LogP contribution in [-0.4, -0.2) is 47.1 Å². The minimum Gasteiger partial charge on any atom is -0.497 e. The topological polar surface area (TPSA) is 84.4 Å². The van der Waals surface area contributed by atoms with Gasteiger partial charge in [-0.15, -0.1) is 10.2 Å². The van der Waals surface area contributed by atoms with Crippen LogP contribution in [0.5, 0.6) is 5.75 Å². The van der Waals surface area contributed by atoms with Gasteiger partial charge < -0.3 is 15.0 Å². The first-order chi connectivity index (χ1) is 15.0. The Morgan fingerprint density at radius 3 is 2.58 bits per heavy atom. The number of methoxy groups -OCH3 is 1. The minimum atomic E-state index is -0.469. The van der Waals surface area contributed by atoms with Gasteiger partial charge >= 0.3 is 0 Å². The average Bonchev–Trinajstić information content (AvgIpc) is 3.24. The number of rotatable bonds is 9. The van der Waals surface area contributed by atoms with E-state index in [0.717, 1.165) is 17.7 Å². The summed E-state index contributed by atoms with van der Waals surface area (Å²) in [6.45, 7) is 2.63. The summed E-state index contributed by atoms with van der Waals surface area (Å²) in [5.74, 6) is -0.298. The van der Waals surface area contributed by atoms with E-state index in [1.807, 2.05) is 31.2 Å². The number of nitrogens with one attached hydrogen (secondary N) is 1. The van der Waals surface area contributed by atoms with E-state index in [1.54, 1.807) is 18.1 Å². The maximum absolute atomic E-state index is 13.4. The van der Waals surface area contributed by atoms with Crippen molar-refractivity contribution in [3.8, 4) is 16.3 Å². The molecule has 162 valence electrons. The van der Waals surface area contributed by atoms with Gasteiger partial charge in [-0.05, 0) is 48.9 Å². The SMILES string of the molecule is CCCN(CCC(=O)Nc1nnc(-c2ccc(OC)cc2)s1)C(=O)c1cccc(F)c1. The van der Waals surface area contributed by atoms with E-state index in [2.05, 4.69) is 15.5 Å². The molecule has 0 saturated carbocycles. The van der Waals surface area contributed by atoms with Gasteiger partial charge in [-0.1, -0.05) is 24.3 Å². The molecule has 2 amide bonds.